The molecule has 1 aromatic carbocycles. The van der Waals surface area contributed by atoms with Crippen molar-refractivity contribution in [3.05, 3.63) is 35.9 Å². The summed E-state index contributed by atoms with van der Waals surface area (Å²) >= 11 is 0. The van der Waals surface area contributed by atoms with Gasteiger partial charge < -0.3 is 14.8 Å². The smallest absolute Gasteiger partial charge is 0.407 e. The molecule has 2 atom stereocenters. The van der Waals surface area contributed by atoms with Crippen LogP contribution in [-0.4, -0.2) is 49.8 Å². The van der Waals surface area contributed by atoms with Gasteiger partial charge in [0.05, 0.1) is 12.6 Å². The Kier molecular flexibility index (Phi) is 12.4. The molecule has 0 spiro atoms. The minimum absolute atomic E-state index is 0.0750. The zero-order valence-electron chi connectivity index (χ0n) is 19.0. The van der Waals surface area contributed by atoms with E-state index in [-0.39, 0.29) is 37.8 Å². The van der Waals surface area contributed by atoms with Crippen molar-refractivity contribution < 1.29 is 28.7 Å². The van der Waals surface area contributed by atoms with Gasteiger partial charge in [0.25, 0.3) is 0 Å². The maximum atomic E-state index is 13.1. The first-order chi connectivity index (χ1) is 14.8. The second kappa shape index (κ2) is 14.5. The topological polar surface area (TPSA) is 98.8 Å². The van der Waals surface area contributed by atoms with Crippen molar-refractivity contribution >= 4 is 23.4 Å². The summed E-state index contributed by atoms with van der Waals surface area (Å²) in [5, 5.41) is 2.61. The van der Waals surface area contributed by atoms with Crippen molar-refractivity contribution in [3.8, 4) is 0 Å². The van der Waals surface area contributed by atoms with Gasteiger partial charge in [-0.15, -0.1) is 0 Å². The van der Waals surface area contributed by atoms with E-state index in [9.17, 15) is 19.2 Å². The average molecular weight is 434 g/mol. The van der Waals surface area contributed by atoms with Gasteiger partial charge in [0.2, 0.25) is 5.78 Å². The Morgan fingerprint density at radius 1 is 1.03 bits per heavy atom. The Morgan fingerprint density at radius 2 is 1.71 bits per heavy atom. The van der Waals surface area contributed by atoms with E-state index in [1.807, 2.05) is 51.1 Å². The number of hydrogen-bond acceptors (Lipinski definition) is 6. The maximum absolute atomic E-state index is 13.1. The number of nitrogens with one attached hydrogen (secondary N) is 1. The van der Waals surface area contributed by atoms with Gasteiger partial charge in [-0.3, -0.25) is 14.4 Å². The summed E-state index contributed by atoms with van der Waals surface area (Å²) in [4.78, 5) is 50.2. The molecule has 0 heterocycles. The van der Waals surface area contributed by atoms with Gasteiger partial charge in [0, 0.05) is 25.9 Å². The Balaban J connectivity index is 2.94. The predicted molar refractivity (Wildman–Crippen MR) is 118 cm³/mol. The van der Waals surface area contributed by atoms with E-state index < -0.39 is 29.6 Å². The molecular weight excluding hydrogens is 398 g/mol. The van der Waals surface area contributed by atoms with Crippen molar-refractivity contribution in [1.82, 2.24) is 5.32 Å². The summed E-state index contributed by atoms with van der Waals surface area (Å²) in [6, 6.07) is 8.52. The lowest BCUT2D eigenvalue weighted by atomic mass is 9.85. The van der Waals surface area contributed by atoms with Crippen LogP contribution in [0, 0.1) is 11.8 Å². The molecule has 7 heteroatoms. The van der Waals surface area contributed by atoms with E-state index >= 15 is 0 Å². The number of carbonyl (C=O) groups excluding carboxylic acids is 4. The third kappa shape index (κ3) is 10.4. The highest BCUT2D eigenvalue weighted by Crippen LogP contribution is 2.19. The Morgan fingerprint density at radius 3 is 2.29 bits per heavy atom. The maximum Gasteiger partial charge on any atom is 0.407 e. The third-order valence-electron chi connectivity index (χ3n) is 4.80. The number of ketones is 3. The molecule has 0 saturated carbocycles. The minimum Gasteiger partial charge on any atom is -0.447 e. The van der Waals surface area contributed by atoms with Gasteiger partial charge in [-0.05, 0) is 30.7 Å². The summed E-state index contributed by atoms with van der Waals surface area (Å²) in [6.07, 6.45) is 0.628. The summed E-state index contributed by atoms with van der Waals surface area (Å²) in [7, 11) is 1.50. The molecule has 0 bridgehead atoms. The summed E-state index contributed by atoms with van der Waals surface area (Å²) in [5.41, 5.74) is 0.880. The molecule has 0 saturated heterocycles. The van der Waals surface area contributed by atoms with Crippen molar-refractivity contribution in [2.75, 3.05) is 20.3 Å². The van der Waals surface area contributed by atoms with E-state index in [0.29, 0.717) is 19.3 Å². The summed E-state index contributed by atoms with van der Waals surface area (Å²) < 4.78 is 9.86. The molecule has 172 valence electrons. The lowest BCUT2D eigenvalue weighted by molar-refractivity contribution is -0.140. The molecule has 0 fully saturated rings. The Bertz CT molecular complexity index is 716. The monoisotopic (exact) mass is 433 g/mol. The highest BCUT2D eigenvalue weighted by Gasteiger charge is 2.31. The normalized spacial score (nSPS) is 12.8. The first kappa shape index (κ1) is 26.5. The number of Topliss-reactive ketones (excluding diaryl/α,β-unsaturated/α-hetero) is 3. The Hall–Kier alpha value is -2.54. The lowest BCUT2D eigenvalue weighted by Crippen LogP contribution is -2.43. The molecule has 0 aliphatic rings. The van der Waals surface area contributed by atoms with Crippen LogP contribution in [0.3, 0.4) is 0 Å². The number of methoxy groups -OCH3 is 1. The van der Waals surface area contributed by atoms with Crippen molar-refractivity contribution in [2.45, 2.75) is 58.9 Å². The molecule has 1 N–H and O–H groups in total. The molecule has 1 rings (SSSR count). The minimum atomic E-state index is -0.789. The number of hydrogen-bond donors (Lipinski definition) is 1. The number of benzene rings is 1. The van der Waals surface area contributed by atoms with Crippen LogP contribution in [0.4, 0.5) is 4.79 Å². The van der Waals surface area contributed by atoms with Crippen LogP contribution in [0.25, 0.3) is 0 Å². The number of carbonyl (C=O) groups is 4. The lowest BCUT2D eigenvalue weighted by Gasteiger charge is -2.22. The second-order valence-electron chi connectivity index (χ2n) is 8.05. The molecule has 1 amide bonds. The highest BCUT2D eigenvalue weighted by molar-refractivity contribution is 6.38. The molecule has 0 unspecified atom stereocenters. The molecule has 0 aliphatic heterocycles. The van der Waals surface area contributed by atoms with Crippen LogP contribution in [0.15, 0.2) is 30.3 Å². The van der Waals surface area contributed by atoms with Gasteiger partial charge in [0.1, 0.15) is 6.61 Å². The predicted octanol–water partition coefficient (Wildman–Crippen LogP) is 3.53. The van der Waals surface area contributed by atoms with Crippen LogP contribution in [-0.2, 0) is 30.3 Å². The molecule has 31 heavy (non-hydrogen) atoms. The van der Waals surface area contributed by atoms with E-state index in [1.165, 1.54) is 7.11 Å². The zero-order valence-corrected chi connectivity index (χ0v) is 19.0. The van der Waals surface area contributed by atoms with E-state index in [1.54, 1.807) is 0 Å². The fourth-order valence-electron chi connectivity index (χ4n) is 3.26. The zero-order chi connectivity index (χ0) is 23.2. The fraction of sp³-hybridized carbons (Fsp3) is 0.583. The second-order valence-corrected chi connectivity index (χ2v) is 8.05. The quantitative estimate of drug-likeness (QED) is 0.336. The average Bonchev–Trinajstić information content (AvgIpc) is 2.73. The van der Waals surface area contributed by atoms with E-state index in [2.05, 4.69) is 5.32 Å². The van der Waals surface area contributed by atoms with Crippen LogP contribution in [0.5, 0.6) is 0 Å². The van der Waals surface area contributed by atoms with Gasteiger partial charge in [0.15, 0.2) is 11.6 Å². The first-order valence-electron chi connectivity index (χ1n) is 10.8. The van der Waals surface area contributed by atoms with Crippen molar-refractivity contribution in [2.24, 2.45) is 11.8 Å². The summed E-state index contributed by atoms with van der Waals surface area (Å²) in [5.74, 6) is -1.88. The summed E-state index contributed by atoms with van der Waals surface area (Å²) in [6.45, 7) is 6.04. The molecule has 7 nitrogen and oxygen atoms in total. The largest absolute Gasteiger partial charge is 0.447 e. The number of rotatable bonds is 15. The van der Waals surface area contributed by atoms with Gasteiger partial charge in [-0.1, -0.05) is 51.1 Å². The number of amides is 1. The van der Waals surface area contributed by atoms with E-state index in [4.69, 9.17) is 9.47 Å². The highest BCUT2D eigenvalue weighted by atomic mass is 16.6. The number of ether oxygens (including phenoxy) is 2. The van der Waals surface area contributed by atoms with Crippen LogP contribution < -0.4 is 5.32 Å². The van der Waals surface area contributed by atoms with Crippen molar-refractivity contribution in [3.63, 3.8) is 0 Å². The molecule has 0 radical (unpaired) electrons. The SMILES string of the molecule is CCCC(=O)C(=O)[C@@H](CC(=O)[C@H](CC(C)C)NC(=O)OCCOC)Cc1ccccc1. The first-order valence-corrected chi connectivity index (χ1v) is 10.8. The van der Waals surface area contributed by atoms with Crippen LogP contribution in [0.1, 0.15) is 52.0 Å². The molecule has 1 aromatic rings. The molecule has 0 aliphatic carbocycles. The Labute approximate surface area is 184 Å². The number of alkyl carbamates (subject to hydrolysis) is 1. The van der Waals surface area contributed by atoms with Crippen molar-refractivity contribution in [1.29, 1.82) is 0 Å². The van der Waals surface area contributed by atoms with Gasteiger partial charge in [-0.25, -0.2) is 4.79 Å². The fourth-order valence-corrected chi connectivity index (χ4v) is 3.26. The molecule has 0 aromatic heterocycles. The van der Waals surface area contributed by atoms with Gasteiger partial charge in [-0.2, -0.15) is 0 Å². The van der Waals surface area contributed by atoms with Gasteiger partial charge >= 0.3 is 6.09 Å². The third-order valence-corrected chi connectivity index (χ3v) is 4.80. The van der Waals surface area contributed by atoms with E-state index in [0.717, 1.165) is 5.56 Å². The molecular formula is C24H35NO6. The van der Waals surface area contributed by atoms with Crippen LogP contribution in [0.2, 0.25) is 0 Å². The standard InChI is InChI=1S/C24H35NO6/c1-5-9-21(26)23(28)19(15-18-10-7-6-8-11-18)16-22(27)20(14-17(2)3)25-24(29)31-13-12-30-4/h6-8,10-11,17,19-20H,5,9,12-16H2,1-4H3,(H,25,29)/t19-,20+/m1/s1. The van der Waals surface area contributed by atoms with Crippen LogP contribution >= 0.6 is 0 Å².